The van der Waals surface area contributed by atoms with Crippen LogP contribution in [0.25, 0.3) is 0 Å². The van der Waals surface area contributed by atoms with E-state index in [4.69, 9.17) is 5.73 Å². The van der Waals surface area contributed by atoms with Crippen molar-refractivity contribution in [3.05, 3.63) is 35.9 Å². The molecule has 11 nitrogen and oxygen atoms in total. The average Bonchev–Trinajstić information content (AvgIpc) is 2.83. The van der Waals surface area contributed by atoms with Gasteiger partial charge in [-0.05, 0) is 24.8 Å². The van der Waals surface area contributed by atoms with Gasteiger partial charge < -0.3 is 32.1 Å². The molecule has 39 heavy (non-hydrogen) atoms. The van der Waals surface area contributed by atoms with Gasteiger partial charge in [0.1, 0.15) is 18.1 Å². The fourth-order valence-corrected chi connectivity index (χ4v) is 3.65. The summed E-state index contributed by atoms with van der Waals surface area (Å²) in [5.74, 6) is -3.91. The van der Waals surface area contributed by atoms with Crippen LogP contribution >= 0.6 is 12.6 Å². The van der Waals surface area contributed by atoms with E-state index in [1.165, 1.54) is 6.92 Å². The van der Waals surface area contributed by atoms with Gasteiger partial charge in [0, 0.05) is 12.8 Å². The van der Waals surface area contributed by atoms with Crippen LogP contribution in [0.1, 0.15) is 39.2 Å². The highest BCUT2D eigenvalue weighted by atomic mass is 32.1. The molecule has 0 aliphatic carbocycles. The molecule has 1 aromatic carbocycles. The highest BCUT2D eigenvalue weighted by molar-refractivity contribution is 7.96. The minimum atomic E-state index is -5.09. The molecular weight excluding hydrogens is 543 g/mol. The van der Waals surface area contributed by atoms with Crippen molar-refractivity contribution in [3.63, 3.8) is 0 Å². The first-order chi connectivity index (χ1) is 18.0. The Labute approximate surface area is 229 Å². The Morgan fingerprint density at radius 2 is 1.51 bits per heavy atom. The molecule has 0 aliphatic heterocycles. The molecule has 1 rings (SSSR count). The lowest BCUT2D eigenvalue weighted by Crippen LogP contribution is -2.59. The number of carbonyl (C=O) groups is 5. The lowest BCUT2D eigenvalue weighted by Gasteiger charge is -2.28. The molecule has 0 aliphatic rings. The summed E-state index contributed by atoms with van der Waals surface area (Å²) in [6.45, 7) is 4.52. The summed E-state index contributed by atoms with van der Waals surface area (Å²) in [6, 6.07) is 2.97. The summed E-state index contributed by atoms with van der Waals surface area (Å²) in [4.78, 5) is 61.1. The Kier molecular flexibility index (Phi) is 13.2. The number of hydrogen-bond acceptors (Lipinski definition) is 6. The molecule has 5 atom stereocenters. The van der Waals surface area contributed by atoms with Crippen LogP contribution in [0.2, 0.25) is 0 Å². The zero-order valence-electron chi connectivity index (χ0n) is 21.6. The summed E-state index contributed by atoms with van der Waals surface area (Å²) in [6.07, 6.45) is -9.22. The van der Waals surface area contributed by atoms with Gasteiger partial charge in [0.25, 0.3) is 5.24 Å². The highest BCUT2D eigenvalue weighted by Gasteiger charge is 2.44. The zero-order valence-corrected chi connectivity index (χ0v) is 22.5. The Bertz CT molecular complexity index is 1010. The number of amides is 5. The maximum atomic E-state index is 13.1. The standard InChI is InChI=1S/C24H34F3N5O6S/c1-12(2)18(32-23(38)39)22(37)31-16(11-14-7-5-4-6-8-14)21(36)29-13(3)20(35)30-15(9-10-17(28)33)19(34)24(25,26)27/h4-8,12-13,15-16,18-19,34H,9-11H2,1-3H3,(H2,28,33)(H,29,36)(H,30,35)(H,31,37)(H2,32,38,39)/t13-,15-,16-,18-,19?/m0/s1. The fourth-order valence-electron chi connectivity index (χ4n) is 3.51. The number of nitrogens with two attached hydrogens (primary N) is 1. The minimum absolute atomic E-state index is 0.0135. The Morgan fingerprint density at radius 3 is 2.00 bits per heavy atom. The topological polar surface area (TPSA) is 180 Å². The maximum absolute atomic E-state index is 13.1. The van der Waals surface area contributed by atoms with Gasteiger partial charge in [0.15, 0.2) is 6.10 Å². The van der Waals surface area contributed by atoms with Gasteiger partial charge in [0.2, 0.25) is 23.6 Å². The summed E-state index contributed by atoms with van der Waals surface area (Å²) in [5.41, 5.74) is 5.62. The lowest BCUT2D eigenvalue weighted by atomic mass is 10.0. The van der Waals surface area contributed by atoms with Crippen molar-refractivity contribution in [1.82, 2.24) is 21.3 Å². The molecule has 7 N–H and O–H groups in total. The smallest absolute Gasteiger partial charge is 0.382 e. The van der Waals surface area contributed by atoms with Crippen LogP contribution in [0.5, 0.6) is 0 Å². The molecule has 5 amide bonds. The van der Waals surface area contributed by atoms with Crippen LogP contribution in [0.3, 0.4) is 0 Å². The van der Waals surface area contributed by atoms with Crippen molar-refractivity contribution < 1.29 is 42.3 Å². The van der Waals surface area contributed by atoms with E-state index in [1.54, 1.807) is 44.2 Å². The van der Waals surface area contributed by atoms with E-state index < -0.39 is 78.2 Å². The van der Waals surface area contributed by atoms with Gasteiger partial charge in [-0.1, -0.05) is 56.8 Å². The zero-order chi connectivity index (χ0) is 29.9. The average molecular weight is 578 g/mol. The van der Waals surface area contributed by atoms with Crippen LogP contribution in [-0.2, 0) is 25.6 Å². The third-order valence-electron chi connectivity index (χ3n) is 5.64. The van der Waals surface area contributed by atoms with Crippen molar-refractivity contribution in [1.29, 1.82) is 0 Å². The monoisotopic (exact) mass is 577 g/mol. The quantitative estimate of drug-likeness (QED) is 0.159. The summed E-state index contributed by atoms with van der Waals surface area (Å²) in [7, 11) is 0. The van der Waals surface area contributed by atoms with Gasteiger partial charge in [-0.3, -0.25) is 24.0 Å². The predicted molar refractivity (Wildman–Crippen MR) is 138 cm³/mol. The van der Waals surface area contributed by atoms with Crippen LogP contribution in [0.15, 0.2) is 30.3 Å². The van der Waals surface area contributed by atoms with Gasteiger partial charge in [-0.15, -0.1) is 0 Å². The van der Waals surface area contributed by atoms with Gasteiger partial charge in [-0.2, -0.15) is 13.2 Å². The number of carbonyl (C=O) groups excluding carboxylic acids is 5. The molecular formula is C24H34F3N5O6S. The molecule has 0 bridgehead atoms. The fraction of sp³-hybridized carbons (Fsp3) is 0.542. The molecule has 0 heterocycles. The second-order valence-corrected chi connectivity index (χ2v) is 9.67. The molecule has 0 fully saturated rings. The summed E-state index contributed by atoms with van der Waals surface area (Å²) >= 11 is 3.62. The number of aliphatic hydroxyl groups excluding tert-OH is 1. The summed E-state index contributed by atoms with van der Waals surface area (Å²) < 4.78 is 39.2. The number of nitrogens with one attached hydrogen (secondary N) is 4. The summed E-state index contributed by atoms with van der Waals surface area (Å²) in [5, 5.41) is 18.1. The van der Waals surface area contributed by atoms with Gasteiger partial charge in [-0.25, -0.2) is 0 Å². The van der Waals surface area contributed by atoms with E-state index in [9.17, 15) is 42.3 Å². The Hall–Kier alpha value is -3.33. The molecule has 0 aromatic heterocycles. The lowest BCUT2D eigenvalue weighted by molar-refractivity contribution is -0.212. The van der Waals surface area contributed by atoms with E-state index in [1.807, 2.05) is 5.32 Å². The van der Waals surface area contributed by atoms with E-state index in [2.05, 4.69) is 28.6 Å². The first kappa shape index (κ1) is 33.7. The molecule has 1 unspecified atom stereocenters. The first-order valence-electron chi connectivity index (χ1n) is 12.0. The largest absolute Gasteiger partial charge is 0.416 e. The third-order valence-corrected chi connectivity index (χ3v) is 5.77. The van der Waals surface area contributed by atoms with Gasteiger partial charge in [0.05, 0.1) is 6.04 Å². The third kappa shape index (κ3) is 11.9. The van der Waals surface area contributed by atoms with Crippen molar-refractivity contribution >= 4 is 41.5 Å². The number of aliphatic hydroxyl groups is 1. The predicted octanol–water partition coefficient (Wildman–Crippen LogP) is 0.556. The van der Waals surface area contributed by atoms with E-state index in [0.29, 0.717) is 5.56 Å². The SMILES string of the molecule is CC(C)[C@H](NC(=O)S)C(=O)N[C@@H](Cc1ccccc1)C(=O)N[C@@H](C)C(=O)N[C@@H](CCC(N)=O)C(O)C(F)(F)F. The normalized spacial score (nSPS) is 15.3. The van der Waals surface area contributed by atoms with Crippen molar-refractivity contribution in [3.8, 4) is 0 Å². The number of alkyl halides is 3. The first-order valence-corrected chi connectivity index (χ1v) is 12.4. The molecule has 0 spiro atoms. The van der Waals surface area contributed by atoms with E-state index >= 15 is 0 Å². The number of primary amides is 1. The van der Waals surface area contributed by atoms with Crippen molar-refractivity contribution in [2.45, 2.75) is 76.5 Å². The number of rotatable bonds is 14. The second-order valence-electron chi connectivity index (χ2n) is 9.26. The Balaban J connectivity index is 3.06. The molecule has 0 saturated heterocycles. The van der Waals surface area contributed by atoms with Crippen LogP contribution in [0.4, 0.5) is 18.0 Å². The van der Waals surface area contributed by atoms with Crippen LogP contribution in [0, 0.1) is 5.92 Å². The molecule has 15 heteroatoms. The van der Waals surface area contributed by atoms with E-state index in [0.717, 1.165) is 0 Å². The Morgan fingerprint density at radius 1 is 0.923 bits per heavy atom. The minimum Gasteiger partial charge on any atom is -0.382 e. The number of hydrogen-bond donors (Lipinski definition) is 7. The van der Waals surface area contributed by atoms with E-state index in [-0.39, 0.29) is 12.3 Å². The molecule has 0 radical (unpaired) electrons. The molecule has 1 aromatic rings. The van der Waals surface area contributed by atoms with Crippen LogP contribution in [-0.4, -0.2) is 70.4 Å². The highest BCUT2D eigenvalue weighted by Crippen LogP contribution is 2.24. The number of thiol groups is 1. The maximum Gasteiger partial charge on any atom is 0.416 e. The van der Waals surface area contributed by atoms with Gasteiger partial charge >= 0.3 is 6.18 Å². The van der Waals surface area contributed by atoms with Crippen molar-refractivity contribution in [2.75, 3.05) is 0 Å². The molecule has 0 saturated carbocycles. The van der Waals surface area contributed by atoms with Crippen molar-refractivity contribution in [2.24, 2.45) is 11.7 Å². The van der Waals surface area contributed by atoms with Crippen LogP contribution < -0.4 is 27.0 Å². The number of benzene rings is 1. The molecule has 218 valence electrons. The second kappa shape index (κ2) is 15.3. The number of halogens is 3.